The Morgan fingerprint density at radius 2 is 1.76 bits per heavy atom. The van der Waals surface area contributed by atoms with Crippen molar-refractivity contribution in [3.05, 3.63) is 0 Å². The van der Waals surface area contributed by atoms with Crippen molar-refractivity contribution >= 4 is 17.9 Å². The number of carbonyl (C=O) groups is 3. The molecule has 0 aliphatic carbocycles. The van der Waals surface area contributed by atoms with Crippen molar-refractivity contribution in [1.82, 2.24) is 16.0 Å². The number of carboxylic acids is 1. The lowest BCUT2D eigenvalue weighted by atomic mass is 9.87. The molecule has 0 rings (SSSR count). The van der Waals surface area contributed by atoms with Crippen LogP contribution in [-0.4, -0.2) is 42.6 Å². The largest absolute Gasteiger partial charge is 0.480 e. The minimum Gasteiger partial charge on any atom is -0.480 e. The second kappa shape index (κ2) is 6.07. The minimum absolute atomic E-state index is 0.196. The van der Waals surface area contributed by atoms with Crippen molar-refractivity contribution in [3.63, 3.8) is 0 Å². The van der Waals surface area contributed by atoms with Gasteiger partial charge in [-0.3, -0.25) is 4.79 Å². The van der Waals surface area contributed by atoms with Crippen molar-refractivity contribution in [2.45, 2.75) is 26.8 Å². The maximum atomic E-state index is 11.4. The lowest BCUT2D eigenvalue weighted by molar-refractivity contribution is -0.141. The molecule has 3 amide bonds. The van der Waals surface area contributed by atoms with Crippen LogP contribution in [0, 0.1) is 5.41 Å². The Bertz CT molecular complexity index is 309. The van der Waals surface area contributed by atoms with Gasteiger partial charge in [-0.1, -0.05) is 20.8 Å². The maximum Gasteiger partial charge on any atom is 0.326 e. The summed E-state index contributed by atoms with van der Waals surface area (Å²) in [5.74, 6) is -1.48. The van der Waals surface area contributed by atoms with E-state index in [2.05, 4.69) is 16.0 Å². The highest BCUT2D eigenvalue weighted by molar-refractivity contribution is 5.86. The molecule has 0 saturated carbocycles. The van der Waals surface area contributed by atoms with Gasteiger partial charge >= 0.3 is 12.0 Å². The fraction of sp³-hybridized carbons (Fsp3) is 0.700. The van der Waals surface area contributed by atoms with Crippen LogP contribution < -0.4 is 16.0 Å². The van der Waals surface area contributed by atoms with Gasteiger partial charge in [0.1, 0.15) is 6.04 Å². The van der Waals surface area contributed by atoms with Crippen LogP contribution in [0.3, 0.4) is 0 Å². The minimum atomic E-state index is -1.12. The molecule has 0 radical (unpaired) electrons. The van der Waals surface area contributed by atoms with E-state index in [1.54, 1.807) is 20.8 Å². The predicted molar refractivity (Wildman–Crippen MR) is 61.5 cm³/mol. The van der Waals surface area contributed by atoms with Gasteiger partial charge in [0.2, 0.25) is 5.91 Å². The Balaban J connectivity index is 4.34. The number of aliphatic carboxylic acids is 1. The standard InChI is InChI=1S/C10H19N3O4/c1-10(2,3)7(8(15)16)13-9(17)12-5-6(14)11-4/h7H,5H2,1-4H3,(H,11,14)(H,15,16)(H2,12,13,17). The Labute approximate surface area is 100.0 Å². The smallest absolute Gasteiger partial charge is 0.326 e. The molecule has 1 unspecified atom stereocenters. The van der Waals surface area contributed by atoms with Crippen molar-refractivity contribution < 1.29 is 19.5 Å². The van der Waals surface area contributed by atoms with Gasteiger partial charge in [-0.2, -0.15) is 0 Å². The topological polar surface area (TPSA) is 108 Å². The predicted octanol–water partition coefficient (Wildman–Crippen LogP) is -0.469. The van der Waals surface area contributed by atoms with E-state index in [1.165, 1.54) is 7.05 Å². The number of amides is 3. The Kier molecular flexibility index (Phi) is 5.43. The number of carbonyl (C=O) groups excluding carboxylic acids is 2. The molecule has 98 valence electrons. The van der Waals surface area contributed by atoms with Gasteiger partial charge in [-0.15, -0.1) is 0 Å². The van der Waals surface area contributed by atoms with Gasteiger partial charge in [0.15, 0.2) is 0 Å². The Hall–Kier alpha value is -1.79. The van der Waals surface area contributed by atoms with E-state index >= 15 is 0 Å². The molecule has 0 saturated heterocycles. The van der Waals surface area contributed by atoms with Gasteiger partial charge in [0.25, 0.3) is 0 Å². The Morgan fingerprint density at radius 1 is 1.24 bits per heavy atom. The molecule has 0 aromatic heterocycles. The third-order valence-electron chi connectivity index (χ3n) is 2.08. The van der Waals surface area contributed by atoms with Crippen molar-refractivity contribution in [1.29, 1.82) is 0 Å². The first kappa shape index (κ1) is 15.2. The lowest BCUT2D eigenvalue weighted by Crippen LogP contribution is -2.53. The van der Waals surface area contributed by atoms with Gasteiger partial charge < -0.3 is 21.1 Å². The average molecular weight is 245 g/mol. The van der Waals surface area contributed by atoms with E-state index in [1.807, 2.05) is 0 Å². The molecular formula is C10H19N3O4. The molecule has 1 atom stereocenters. The summed E-state index contributed by atoms with van der Waals surface area (Å²) in [6.45, 7) is 4.90. The molecule has 0 spiro atoms. The highest BCUT2D eigenvalue weighted by Crippen LogP contribution is 2.19. The molecule has 0 aromatic rings. The van der Waals surface area contributed by atoms with Crippen LogP contribution in [0.1, 0.15) is 20.8 Å². The zero-order valence-electron chi connectivity index (χ0n) is 10.5. The number of hydrogen-bond acceptors (Lipinski definition) is 3. The number of urea groups is 1. The summed E-state index contributed by atoms with van der Waals surface area (Å²) >= 11 is 0. The zero-order valence-corrected chi connectivity index (χ0v) is 10.5. The SMILES string of the molecule is CNC(=O)CNC(=O)NC(C(=O)O)C(C)(C)C. The third kappa shape index (κ3) is 5.74. The lowest BCUT2D eigenvalue weighted by Gasteiger charge is -2.27. The fourth-order valence-electron chi connectivity index (χ4n) is 1.08. The van der Waals surface area contributed by atoms with Crippen LogP contribution in [0.5, 0.6) is 0 Å². The van der Waals surface area contributed by atoms with Crippen LogP contribution in [0.2, 0.25) is 0 Å². The fourth-order valence-corrected chi connectivity index (χ4v) is 1.08. The van der Waals surface area contributed by atoms with Crippen LogP contribution in [0.4, 0.5) is 4.79 Å². The first-order valence-corrected chi connectivity index (χ1v) is 5.16. The average Bonchev–Trinajstić information content (AvgIpc) is 2.20. The number of hydrogen-bond donors (Lipinski definition) is 4. The van der Waals surface area contributed by atoms with Crippen LogP contribution in [0.25, 0.3) is 0 Å². The van der Waals surface area contributed by atoms with E-state index in [0.717, 1.165) is 0 Å². The van der Waals surface area contributed by atoms with Crippen LogP contribution in [-0.2, 0) is 9.59 Å². The number of rotatable bonds is 4. The summed E-state index contributed by atoms with van der Waals surface area (Å²) in [5.41, 5.74) is -0.615. The van der Waals surface area contributed by atoms with Crippen LogP contribution >= 0.6 is 0 Å². The number of carboxylic acid groups (broad SMARTS) is 1. The highest BCUT2D eigenvalue weighted by atomic mass is 16.4. The molecule has 7 heteroatoms. The van der Waals surface area contributed by atoms with E-state index in [0.29, 0.717) is 0 Å². The van der Waals surface area contributed by atoms with Gasteiger partial charge in [0.05, 0.1) is 6.54 Å². The summed E-state index contributed by atoms with van der Waals surface area (Å²) in [7, 11) is 1.44. The molecule has 0 aromatic carbocycles. The third-order valence-corrected chi connectivity index (χ3v) is 2.08. The van der Waals surface area contributed by atoms with Gasteiger partial charge in [-0.05, 0) is 5.41 Å². The molecule has 0 fully saturated rings. The zero-order chi connectivity index (χ0) is 13.6. The second-order valence-corrected chi connectivity index (χ2v) is 4.64. The summed E-state index contributed by atoms with van der Waals surface area (Å²) < 4.78 is 0. The maximum absolute atomic E-state index is 11.4. The quantitative estimate of drug-likeness (QED) is 0.537. The number of nitrogens with one attached hydrogen (secondary N) is 3. The molecule has 17 heavy (non-hydrogen) atoms. The van der Waals surface area contributed by atoms with E-state index < -0.39 is 23.5 Å². The monoisotopic (exact) mass is 245 g/mol. The molecular weight excluding hydrogens is 226 g/mol. The molecule has 0 aliphatic heterocycles. The van der Waals surface area contributed by atoms with Gasteiger partial charge in [0, 0.05) is 7.05 Å². The second-order valence-electron chi connectivity index (χ2n) is 4.64. The van der Waals surface area contributed by atoms with Crippen molar-refractivity contribution in [2.24, 2.45) is 5.41 Å². The van der Waals surface area contributed by atoms with E-state index in [-0.39, 0.29) is 12.5 Å². The normalized spacial score (nSPS) is 12.5. The molecule has 0 aliphatic rings. The molecule has 7 nitrogen and oxygen atoms in total. The number of likely N-dealkylation sites (N-methyl/N-ethyl adjacent to an activating group) is 1. The van der Waals surface area contributed by atoms with Gasteiger partial charge in [-0.25, -0.2) is 9.59 Å². The first-order chi connectivity index (χ1) is 7.68. The van der Waals surface area contributed by atoms with Crippen molar-refractivity contribution in [2.75, 3.05) is 13.6 Å². The Morgan fingerprint density at radius 3 is 2.12 bits per heavy atom. The van der Waals surface area contributed by atoms with Crippen molar-refractivity contribution in [3.8, 4) is 0 Å². The summed E-state index contributed by atoms with van der Waals surface area (Å²) in [6, 6.07) is -1.71. The summed E-state index contributed by atoms with van der Waals surface area (Å²) in [6.07, 6.45) is 0. The molecule has 0 heterocycles. The highest BCUT2D eigenvalue weighted by Gasteiger charge is 2.32. The molecule has 4 N–H and O–H groups in total. The summed E-state index contributed by atoms with van der Waals surface area (Å²) in [4.78, 5) is 33.2. The summed E-state index contributed by atoms with van der Waals surface area (Å²) in [5, 5.41) is 15.9. The van der Waals surface area contributed by atoms with Crippen LogP contribution in [0.15, 0.2) is 0 Å². The first-order valence-electron chi connectivity index (χ1n) is 5.16. The van der Waals surface area contributed by atoms with E-state index in [4.69, 9.17) is 5.11 Å². The molecule has 0 bridgehead atoms. The van der Waals surface area contributed by atoms with E-state index in [9.17, 15) is 14.4 Å².